The van der Waals surface area contributed by atoms with Gasteiger partial charge in [-0.15, -0.1) is 0 Å². The van der Waals surface area contributed by atoms with E-state index < -0.39 is 11.8 Å². The first kappa shape index (κ1) is 12.5. The van der Waals surface area contributed by atoms with E-state index in [0.717, 1.165) is 12.5 Å². The van der Waals surface area contributed by atoms with Crippen LogP contribution in [-0.4, -0.2) is 19.0 Å². The van der Waals surface area contributed by atoms with E-state index in [9.17, 15) is 14.0 Å². The van der Waals surface area contributed by atoms with Crippen LogP contribution in [0.4, 0.5) is 10.1 Å². The predicted octanol–water partition coefficient (Wildman–Crippen LogP) is 2.21. The van der Waals surface area contributed by atoms with Crippen molar-refractivity contribution in [3.05, 3.63) is 29.6 Å². The molecule has 1 N–H and O–H groups in total. The van der Waals surface area contributed by atoms with Crippen molar-refractivity contribution in [3.63, 3.8) is 0 Å². The fourth-order valence-corrected chi connectivity index (χ4v) is 1.78. The molecule has 0 spiro atoms. The van der Waals surface area contributed by atoms with Crippen molar-refractivity contribution in [3.8, 4) is 0 Å². The Balaban J connectivity index is 2.16. The van der Waals surface area contributed by atoms with Crippen LogP contribution in [-0.2, 0) is 9.53 Å². The molecule has 1 aliphatic carbocycles. The van der Waals surface area contributed by atoms with Crippen LogP contribution < -0.4 is 5.32 Å². The standard InChI is InChI=1S/C13H14FNO3/c1-7-5-9(7)12(16)15-11-6-8(13(17)18-2)3-4-10(11)14/h3-4,6-7,9H,5H2,1-2H3,(H,15,16)/t7-,9-/m1/s1. The maximum absolute atomic E-state index is 13.5. The summed E-state index contributed by atoms with van der Waals surface area (Å²) < 4.78 is 18.1. The Labute approximate surface area is 104 Å². The van der Waals surface area contributed by atoms with Gasteiger partial charge in [0.15, 0.2) is 0 Å². The van der Waals surface area contributed by atoms with Gasteiger partial charge in [0.1, 0.15) is 5.82 Å². The van der Waals surface area contributed by atoms with Gasteiger partial charge in [-0.3, -0.25) is 4.79 Å². The van der Waals surface area contributed by atoms with Crippen molar-refractivity contribution >= 4 is 17.6 Å². The lowest BCUT2D eigenvalue weighted by atomic mass is 10.2. The quantitative estimate of drug-likeness (QED) is 0.838. The number of amides is 1. The SMILES string of the molecule is COC(=O)c1ccc(F)c(NC(=O)[C@@H]2C[C@H]2C)c1. The Bertz CT molecular complexity index is 501. The number of esters is 1. The summed E-state index contributed by atoms with van der Waals surface area (Å²) in [5.74, 6) is -1.04. The van der Waals surface area contributed by atoms with E-state index in [1.54, 1.807) is 0 Å². The van der Waals surface area contributed by atoms with Gasteiger partial charge in [-0.1, -0.05) is 6.92 Å². The number of hydrogen-bond donors (Lipinski definition) is 1. The molecular formula is C13H14FNO3. The van der Waals surface area contributed by atoms with E-state index in [-0.39, 0.29) is 23.1 Å². The van der Waals surface area contributed by atoms with Crippen LogP contribution in [0.15, 0.2) is 18.2 Å². The first-order valence-corrected chi connectivity index (χ1v) is 5.71. The van der Waals surface area contributed by atoms with Gasteiger partial charge in [-0.25, -0.2) is 9.18 Å². The molecule has 1 aromatic rings. The number of halogens is 1. The first-order valence-electron chi connectivity index (χ1n) is 5.71. The van der Waals surface area contributed by atoms with E-state index in [1.807, 2.05) is 6.92 Å². The highest BCUT2D eigenvalue weighted by Crippen LogP contribution is 2.38. The second kappa shape index (κ2) is 4.76. The number of nitrogens with one attached hydrogen (secondary N) is 1. The van der Waals surface area contributed by atoms with E-state index in [2.05, 4.69) is 10.1 Å². The van der Waals surface area contributed by atoms with Gasteiger partial charge in [-0.05, 0) is 30.5 Å². The molecule has 0 heterocycles. The molecule has 4 nitrogen and oxygen atoms in total. The van der Waals surface area contributed by atoms with Crippen molar-refractivity contribution < 1.29 is 18.7 Å². The van der Waals surface area contributed by atoms with Crippen LogP contribution >= 0.6 is 0 Å². The zero-order chi connectivity index (χ0) is 13.3. The van der Waals surface area contributed by atoms with Gasteiger partial charge in [0, 0.05) is 5.92 Å². The van der Waals surface area contributed by atoms with Gasteiger partial charge in [0.2, 0.25) is 5.91 Å². The van der Waals surface area contributed by atoms with Gasteiger partial charge in [-0.2, -0.15) is 0 Å². The van der Waals surface area contributed by atoms with Crippen LogP contribution in [0.1, 0.15) is 23.7 Å². The number of hydrogen-bond acceptors (Lipinski definition) is 3. The molecule has 0 aromatic heterocycles. The molecule has 0 aliphatic heterocycles. The summed E-state index contributed by atoms with van der Waals surface area (Å²) in [5, 5.41) is 2.50. The average Bonchev–Trinajstić information content (AvgIpc) is 3.08. The summed E-state index contributed by atoms with van der Waals surface area (Å²) in [6.07, 6.45) is 0.824. The highest BCUT2D eigenvalue weighted by Gasteiger charge is 2.39. The minimum atomic E-state index is -0.565. The Hall–Kier alpha value is -1.91. The zero-order valence-electron chi connectivity index (χ0n) is 10.2. The summed E-state index contributed by atoms with van der Waals surface area (Å²) in [5.41, 5.74) is 0.222. The molecule has 0 radical (unpaired) electrons. The largest absolute Gasteiger partial charge is 0.465 e. The molecule has 1 amide bonds. The van der Waals surface area contributed by atoms with Crippen LogP contribution in [0.3, 0.4) is 0 Å². The minimum Gasteiger partial charge on any atom is -0.465 e. The van der Waals surface area contributed by atoms with E-state index in [4.69, 9.17) is 0 Å². The molecule has 96 valence electrons. The number of anilines is 1. The maximum Gasteiger partial charge on any atom is 0.337 e. The predicted molar refractivity (Wildman–Crippen MR) is 63.6 cm³/mol. The second-order valence-corrected chi connectivity index (χ2v) is 4.49. The van der Waals surface area contributed by atoms with Crippen molar-refractivity contribution in [2.45, 2.75) is 13.3 Å². The highest BCUT2D eigenvalue weighted by atomic mass is 19.1. The monoisotopic (exact) mass is 251 g/mol. The normalized spacial score (nSPS) is 21.3. The number of benzene rings is 1. The Kier molecular flexibility index (Phi) is 3.32. The smallest absolute Gasteiger partial charge is 0.337 e. The summed E-state index contributed by atoms with van der Waals surface area (Å²) in [4.78, 5) is 23.0. The summed E-state index contributed by atoms with van der Waals surface area (Å²) in [7, 11) is 1.25. The number of ether oxygens (including phenoxy) is 1. The van der Waals surface area contributed by atoms with Crippen LogP contribution in [0.2, 0.25) is 0 Å². The van der Waals surface area contributed by atoms with Crippen LogP contribution in [0.5, 0.6) is 0 Å². The van der Waals surface area contributed by atoms with Crippen molar-refractivity contribution in [2.75, 3.05) is 12.4 Å². The lowest BCUT2D eigenvalue weighted by Gasteiger charge is -2.07. The summed E-state index contributed by atoms with van der Waals surface area (Å²) in [6.45, 7) is 1.96. The molecular weight excluding hydrogens is 237 g/mol. The molecule has 1 saturated carbocycles. The number of methoxy groups -OCH3 is 1. The molecule has 0 bridgehead atoms. The third-order valence-electron chi connectivity index (χ3n) is 3.09. The Morgan fingerprint density at radius 2 is 2.11 bits per heavy atom. The topological polar surface area (TPSA) is 55.4 Å². The van der Waals surface area contributed by atoms with Crippen LogP contribution in [0, 0.1) is 17.7 Å². The fraction of sp³-hybridized carbons (Fsp3) is 0.385. The van der Waals surface area contributed by atoms with E-state index >= 15 is 0 Å². The molecule has 2 rings (SSSR count). The molecule has 1 aromatic carbocycles. The molecule has 5 heteroatoms. The van der Waals surface area contributed by atoms with E-state index in [0.29, 0.717) is 5.92 Å². The molecule has 1 aliphatic rings. The second-order valence-electron chi connectivity index (χ2n) is 4.49. The number of carbonyl (C=O) groups is 2. The third kappa shape index (κ3) is 2.50. The lowest BCUT2D eigenvalue weighted by molar-refractivity contribution is -0.117. The highest BCUT2D eigenvalue weighted by molar-refractivity contribution is 5.96. The molecule has 2 atom stereocenters. The molecule has 0 unspecified atom stereocenters. The van der Waals surface area contributed by atoms with Gasteiger partial charge in [0.05, 0.1) is 18.4 Å². The molecule has 1 fully saturated rings. The van der Waals surface area contributed by atoms with Gasteiger partial charge < -0.3 is 10.1 Å². The molecule has 18 heavy (non-hydrogen) atoms. The van der Waals surface area contributed by atoms with Crippen molar-refractivity contribution in [1.29, 1.82) is 0 Å². The number of carbonyl (C=O) groups excluding carboxylic acids is 2. The lowest BCUT2D eigenvalue weighted by Crippen LogP contribution is -2.16. The average molecular weight is 251 g/mol. The Morgan fingerprint density at radius 1 is 1.44 bits per heavy atom. The van der Waals surface area contributed by atoms with Gasteiger partial charge in [0.25, 0.3) is 0 Å². The first-order chi connectivity index (χ1) is 8.52. The van der Waals surface area contributed by atoms with Crippen molar-refractivity contribution in [2.24, 2.45) is 11.8 Å². The fourth-order valence-electron chi connectivity index (χ4n) is 1.78. The van der Waals surface area contributed by atoms with Crippen molar-refractivity contribution in [1.82, 2.24) is 0 Å². The number of rotatable bonds is 3. The Morgan fingerprint density at radius 3 is 2.67 bits per heavy atom. The third-order valence-corrected chi connectivity index (χ3v) is 3.09. The maximum atomic E-state index is 13.5. The molecule has 0 saturated heterocycles. The summed E-state index contributed by atoms with van der Waals surface area (Å²) in [6, 6.07) is 3.74. The van der Waals surface area contributed by atoms with E-state index in [1.165, 1.54) is 19.2 Å². The minimum absolute atomic E-state index is 0.0157. The summed E-state index contributed by atoms with van der Waals surface area (Å²) >= 11 is 0. The van der Waals surface area contributed by atoms with Gasteiger partial charge >= 0.3 is 5.97 Å². The zero-order valence-corrected chi connectivity index (χ0v) is 10.2. The van der Waals surface area contributed by atoms with Crippen LogP contribution in [0.25, 0.3) is 0 Å².